The Bertz CT molecular complexity index is 2690. The fourth-order valence-electron chi connectivity index (χ4n) is 7.90. The summed E-state index contributed by atoms with van der Waals surface area (Å²) in [5.41, 5.74) is 17.4. The van der Waals surface area contributed by atoms with Gasteiger partial charge in [0, 0.05) is 40.2 Å². The Balaban J connectivity index is 1.01. The van der Waals surface area contributed by atoms with Crippen molar-refractivity contribution in [2.45, 2.75) is 0 Å². The summed E-state index contributed by atoms with van der Waals surface area (Å²) in [6, 6.07) is 70.7. The van der Waals surface area contributed by atoms with E-state index in [4.69, 9.17) is 0 Å². The molecule has 0 bridgehead atoms. The first-order valence-electron chi connectivity index (χ1n) is 17.3. The molecule has 0 fully saturated rings. The van der Waals surface area contributed by atoms with Crippen LogP contribution in [0.2, 0.25) is 0 Å². The van der Waals surface area contributed by atoms with Gasteiger partial charge < -0.3 is 4.57 Å². The first-order valence-corrected chi connectivity index (χ1v) is 17.3. The van der Waals surface area contributed by atoms with Crippen LogP contribution in [0.4, 0.5) is 17.1 Å². The fraction of sp³-hybridized carbons (Fsp3) is 0. The second kappa shape index (κ2) is 11.6. The zero-order chi connectivity index (χ0) is 33.0. The number of rotatable bonds is 5. The molecule has 1 unspecified atom stereocenters. The number of benzene rings is 8. The molecule has 0 saturated carbocycles. The van der Waals surface area contributed by atoms with Crippen molar-refractivity contribution in [2.75, 3.05) is 0 Å². The van der Waals surface area contributed by atoms with Crippen LogP contribution >= 0.6 is 0 Å². The second-order valence-corrected chi connectivity index (χ2v) is 13.1. The van der Waals surface area contributed by atoms with Gasteiger partial charge in [-0.2, -0.15) is 0 Å². The maximum atomic E-state index is 2.38. The van der Waals surface area contributed by atoms with E-state index < -0.39 is 0 Å². The molecule has 8 aromatic carbocycles. The highest BCUT2D eigenvalue weighted by Crippen LogP contribution is 2.42. The van der Waals surface area contributed by atoms with Crippen LogP contribution in [0.1, 0.15) is 0 Å². The summed E-state index contributed by atoms with van der Waals surface area (Å²) in [6.45, 7) is 0. The van der Waals surface area contributed by atoms with Crippen molar-refractivity contribution >= 4 is 38.9 Å². The molecule has 0 spiro atoms. The third kappa shape index (κ3) is 4.62. The largest absolute Gasteiger partial charge is 0.309 e. The summed E-state index contributed by atoms with van der Waals surface area (Å²) in [7, 11) is 0. The highest BCUT2D eigenvalue weighted by atomic mass is 15.2. The van der Waals surface area contributed by atoms with Crippen molar-refractivity contribution in [1.82, 2.24) is 4.57 Å². The molecule has 10 rings (SSSR count). The number of nitrogens with zero attached hydrogens (tertiary/aromatic N) is 1. The van der Waals surface area contributed by atoms with Crippen molar-refractivity contribution in [3.05, 3.63) is 194 Å². The van der Waals surface area contributed by atoms with Crippen molar-refractivity contribution < 1.29 is 4.90 Å². The molecule has 9 aromatic rings. The van der Waals surface area contributed by atoms with Gasteiger partial charge in [-0.25, -0.2) is 4.90 Å². The lowest BCUT2D eigenvalue weighted by atomic mass is 9.96. The summed E-state index contributed by atoms with van der Waals surface area (Å²) in [6.07, 6.45) is 0. The first-order chi connectivity index (χ1) is 24.8. The van der Waals surface area contributed by atoms with Crippen LogP contribution in [0.5, 0.6) is 0 Å². The molecule has 234 valence electrons. The van der Waals surface area contributed by atoms with E-state index >= 15 is 0 Å². The highest BCUT2D eigenvalue weighted by Gasteiger charge is 2.33. The number of nitrogens with one attached hydrogen (secondary N) is 1. The Labute approximate surface area is 291 Å². The van der Waals surface area contributed by atoms with Gasteiger partial charge >= 0.3 is 0 Å². The minimum Gasteiger partial charge on any atom is -0.309 e. The van der Waals surface area contributed by atoms with Gasteiger partial charge in [0.2, 0.25) is 0 Å². The normalized spacial score (nSPS) is 13.4. The van der Waals surface area contributed by atoms with Gasteiger partial charge in [0.25, 0.3) is 0 Å². The number of aromatic nitrogens is 1. The van der Waals surface area contributed by atoms with E-state index in [2.05, 4.69) is 199 Å². The molecule has 1 atom stereocenters. The predicted octanol–water partition coefficient (Wildman–Crippen LogP) is 11.9. The monoisotopic (exact) mass is 637 g/mol. The zero-order valence-electron chi connectivity index (χ0n) is 27.4. The van der Waals surface area contributed by atoms with Gasteiger partial charge in [0.15, 0.2) is 0 Å². The number of quaternary nitrogens is 1. The van der Waals surface area contributed by atoms with E-state index in [0.717, 1.165) is 0 Å². The van der Waals surface area contributed by atoms with Crippen LogP contribution in [0.3, 0.4) is 0 Å². The van der Waals surface area contributed by atoms with E-state index in [-0.39, 0.29) is 0 Å². The molecule has 1 aliphatic rings. The number of hydrogen-bond acceptors (Lipinski definition) is 0. The summed E-state index contributed by atoms with van der Waals surface area (Å²) in [5.74, 6) is 0. The Morgan fingerprint density at radius 2 is 0.880 bits per heavy atom. The van der Waals surface area contributed by atoms with E-state index in [0.29, 0.717) is 0 Å². The second-order valence-electron chi connectivity index (χ2n) is 13.1. The molecule has 2 nitrogen and oxygen atoms in total. The topological polar surface area (TPSA) is 9.37 Å². The Morgan fingerprint density at radius 1 is 0.320 bits per heavy atom. The van der Waals surface area contributed by atoms with Gasteiger partial charge in [-0.3, -0.25) is 0 Å². The molecule has 2 heteroatoms. The van der Waals surface area contributed by atoms with E-state index in [9.17, 15) is 0 Å². The number of hydrogen-bond donors (Lipinski definition) is 1. The van der Waals surface area contributed by atoms with Crippen LogP contribution in [0, 0.1) is 0 Å². The van der Waals surface area contributed by atoms with E-state index in [1.54, 1.807) is 0 Å². The van der Waals surface area contributed by atoms with Gasteiger partial charge in [0.1, 0.15) is 17.1 Å². The Kier molecular flexibility index (Phi) is 6.61. The molecule has 1 N–H and O–H groups in total. The quantitative estimate of drug-likeness (QED) is 0.192. The maximum Gasteiger partial charge on any atom is 0.149 e. The molecule has 1 aromatic heterocycles. The third-order valence-corrected chi connectivity index (χ3v) is 10.3. The minimum atomic E-state index is 1.18. The van der Waals surface area contributed by atoms with Crippen molar-refractivity contribution in [3.63, 3.8) is 0 Å². The standard InChI is InChI=1S/C48H32N2/c1-3-12-33(13-4-1)36-14-11-17-40(30-36)50-46-21-10-8-19-42(46)44-32-38(27-29-48(44)50)35-24-22-34(23-25-35)37-26-28-47-43(31-37)41-18-7-9-20-45(41)49(47)39-15-5-2-6-16-39/h1-32H/p+1. The lowest BCUT2D eigenvalue weighted by molar-refractivity contribution is -0.677. The van der Waals surface area contributed by atoms with Gasteiger partial charge in [-0.15, -0.1) is 0 Å². The lowest BCUT2D eigenvalue weighted by Crippen LogP contribution is -2.95. The molecular formula is C48H33N2+. The lowest BCUT2D eigenvalue weighted by Gasteiger charge is -2.16. The van der Waals surface area contributed by atoms with Gasteiger partial charge in [-0.05, 0) is 88.0 Å². The average molecular weight is 638 g/mol. The number of fused-ring (bicyclic) bond motifs is 6. The predicted molar refractivity (Wildman–Crippen MR) is 209 cm³/mol. The molecule has 0 aliphatic carbocycles. The average Bonchev–Trinajstić information content (AvgIpc) is 3.71. The van der Waals surface area contributed by atoms with Crippen LogP contribution in [-0.4, -0.2) is 4.57 Å². The smallest absolute Gasteiger partial charge is 0.149 e. The summed E-state index contributed by atoms with van der Waals surface area (Å²) < 4.78 is 2.37. The highest BCUT2D eigenvalue weighted by molar-refractivity contribution is 6.10. The van der Waals surface area contributed by atoms with E-state index in [1.807, 2.05) is 0 Å². The van der Waals surface area contributed by atoms with Crippen LogP contribution in [0.25, 0.3) is 72.0 Å². The zero-order valence-corrected chi connectivity index (χ0v) is 27.4. The minimum absolute atomic E-state index is 1.18. The summed E-state index contributed by atoms with van der Waals surface area (Å²) in [4.78, 5) is 1.30. The van der Waals surface area contributed by atoms with Gasteiger partial charge in [-0.1, -0.05) is 121 Å². The summed E-state index contributed by atoms with van der Waals surface area (Å²) in [5, 5.41) is 2.54. The van der Waals surface area contributed by atoms with Crippen LogP contribution in [0.15, 0.2) is 194 Å². The van der Waals surface area contributed by atoms with Crippen LogP contribution in [-0.2, 0) is 0 Å². The fourth-order valence-corrected chi connectivity index (χ4v) is 7.90. The number of para-hydroxylation sites is 3. The SMILES string of the molecule is c1ccc(-c2cccc([NH+]3c4ccccc4-c4cc(-c5ccc(-c6ccc7c(c6)c6ccccc6n7-c6ccccc6)cc5)ccc43)c2)cc1. The van der Waals surface area contributed by atoms with Crippen molar-refractivity contribution in [1.29, 1.82) is 0 Å². The maximum absolute atomic E-state index is 2.38. The molecule has 0 radical (unpaired) electrons. The first kappa shape index (κ1) is 28.5. The van der Waals surface area contributed by atoms with Gasteiger partial charge in [0.05, 0.1) is 16.6 Å². The third-order valence-electron chi connectivity index (χ3n) is 10.3. The molecule has 2 heterocycles. The Morgan fingerprint density at radius 3 is 1.70 bits per heavy atom. The molecule has 0 saturated heterocycles. The van der Waals surface area contributed by atoms with Crippen LogP contribution < -0.4 is 4.90 Å². The van der Waals surface area contributed by atoms with Crippen molar-refractivity contribution in [2.24, 2.45) is 0 Å². The summed E-state index contributed by atoms with van der Waals surface area (Å²) >= 11 is 0. The molecular weight excluding hydrogens is 605 g/mol. The Hall–Kier alpha value is -6.48. The molecule has 0 amide bonds. The molecule has 1 aliphatic heterocycles. The van der Waals surface area contributed by atoms with Crippen molar-refractivity contribution in [3.8, 4) is 50.2 Å². The van der Waals surface area contributed by atoms with E-state index in [1.165, 1.54) is 94.0 Å². The molecule has 50 heavy (non-hydrogen) atoms.